The minimum Gasteiger partial charge on any atom is -0.461 e. The predicted octanol–water partition coefficient (Wildman–Crippen LogP) is 4.69. The molecule has 0 radical (unpaired) electrons. The maximum atomic E-state index is 13.8. The Morgan fingerprint density at radius 1 is 1.41 bits per heavy atom. The lowest BCUT2D eigenvalue weighted by Crippen LogP contribution is -2.41. The molecule has 0 saturated carbocycles. The number of pyridine rings is 1. The third kappa shape index (κ3) is 6.27. The van der Waals surface area contributed by atoms with Gasteiger partial charge in [0.15, 0.2) is 0 Å². The number of anilines is 1. The van der Waals surface area contributed by atoms with Crippen molar-refractivity contribution in [1.29, 1.82) is 0 Å². The van der Waals surface area contributed by atoms with E-state index in [0.717, 1.165) is 38.6 Å². The number of aromatic nitrogens is 1. The topological polar surface area (TPSA) is 54.5 Å². The number of halogens is 2. The van der Waals surface area contributed by atoms with Crippen molar-refractivity contribution in [2.75, 3.05) is 25.0 Å². The van der Waals surface area contributed by atoms with Gasteiger partial charge in [-0.15, -0.1) is 0 Å². The zero-order valence-electron chi connectivity index (χ0n) is 16.4. The molecule has 1 N–H and O–H groups in total. The molecule has 1 fully saturated rings. The van der Waals surface area contributed by atoms with Crippen molar-refractivity contribution in [3.8, 4) is 0 Å². The van der Waals surface area contributed by atoms with Gasteiger partial charge in [-0.2, -0.15) is 4.39 Å². The molecular formula is C22H25ClFN3O2. The zero-order valence-corrected chi connectivity index (χ0v) is 17.2. The van der Waals surface area contributed by atoms with E-state index in [1.54, 1.807) is 13.0 Å². The Balaban J connectivity index is 1.61. The molecular weight excluding hydrogens is 393 g/mol. The fourth-order valence-electron chi connectivity index (χ4n) is 3.40. The van der Waals surface area contributed by atoms with Gasteiger partial charge in [-0.05, 0) is 49.6 Å². The number of nitrogens with one attached hydrogen (secondary N) is 1. The molecule has 1 atom stereocenters. The number of carbonyl (C=O) groups excluding carboxylic acids is 1. The summed E-state index contributed by atoms with van der Waals surface area (Å²) >= 11 is 6.33. The predicted molar refractivity (Wildman–Crippen MR) is 113 cm³/mol. The summed E-state index contributed by atoms with van der Waals surface area (Å²) in [7, 11) is 0. The van der Waals surface area contributed by atoms with E-state index >= 15 is 0 Å². The van der Waals surface area contributed by atoms with E-state index in [4.69, 9.17) is 11.6 Å². The Morgan fingerprint density at radius 3 is 2.93 bits per heavy atom. The van der Waals surface area contributed by atoms with Crippen LogP contribution in [0.3, 0.4) is 0 Å². The molecule has 0 aliphatic carbocycles. The lowest BCUT2D eigenvalue weighted by molar-refractivity contribution is -0.140. The molecule has 1 saturated heterocycles. The van der Waals surface area contributed by atoms with E-state index in [2.05, 4.69) is 44.2 Å². The lowest BCUT2D eigenvalue weighted by Gasteiger charge is -2.33. The molecule has 0 bridgehead atoms. The Labute approximate surface area is 175 Å². The summed E-state index contributed by atoms with van der Waals surface area (Å²) in [6, 6.07) is 12.2. The van der Waals surface area contributed by atoms with Crippen molar-refractivity contribution in [2.45, 2.75) is 32.4 Å². The van der Waals surface area contributed by atoms with Crippen LogP contribution in [0.5, 0.6) is 0 Å². The van der Waals surface area contributed by atoms with Crippen molar-refractivity contribution in [3.63, 3.8) is 0 Å². The standard InChI is InChI=1S/C22H25ClFN3O2/c1-2-29-22(28)20(24)12-17-11-19(23)21(25-13-17)26-18-9-6-10-27(15-18)14-16-7-4-3-5-8-16/h3-5,7-8,11-13,18H,2,6,9-10,14-15H2,1H3,(H,25,26)/t18-/m1/s1. The lowest BCUT2D eigenvalue weighted by atomic mass is 10.0. The minimum absolute atomic E-state index is 0.116. The molecule has 0 amide bonds. The largest absolute Gasteiger partial charge is 0.461 e. The van der Waals surface area contributed by atoms with E-state index in [9.17, 15) is 9.18 Å². The molecule has 1 aromatic heterocycles. The van der Waals surface area contributed by atoms with Crippen LogP contribution >= 0.6 is 11.6 Å². The number of hydrogen-bond acceptors (Lipinski definition) is 5. The third-order valence-electron chi connectivity index (χ3n) is 4.72. The van der Waals surface area contributed by atoms with Crippen LogP contribution in [0.1, 0.15) is 30.9 Å². The summed E-state index contributed by atoms with van der Waals surface area (Å²) in [6.45, 7) is 4.61. The van der Waals surface area contributed by atoms with Crippen LogP contribution < -0.4 is 5.32 Å². The van der Waals surface area contributed by atoms with E-state index in [0.29, 0.717) is 16.4 Å². The van der Waals surface area contributed by atoms with Crippen molar-refractivity contribution in [3.05, 3.63) is 64.6 Å². The molecule has 2 aromatic rings. The van der Waals surface area contributed by atoms with Gasteiger partial charge in [-0.3, -0.25) is 4.90 Å². The van der Waals surface area contributed by atoms with Crippen LogP contribution in [0.15, 0.2) is 48.4 Å². The molecule has 1 aliphatic heterocycles. The molecule has 7 heteroatoms. The Bertz CT molecular complexity index is 860. The van der Waals surface area contributed by atoms with Gasteiger partial charge in [0.05, 0.1) is 11.6 Å². The fourth-order valence-corrected chi connectivity index (χ4v) is 3.62. The molecule has 1 aromatic carbocycles. The van der Waals surface area contributed by atoms with Crippen LogP contribution in [0.25, 0.3) is 6.08 Å². The van der Waals surface area contributed by atoms with Gasteiger partial charge >= 0.3 is 5.97 Å². The highest BCUT2D eigenvalue weighted by molar-refractivity contribution is 6.33. The van der Waals surface area contributed by atoms with Gasteiger partial charge in [0, 0.05) is 25.3 Å². The maximum absolute atomic E-state index is 13.8. The van der Waals surface area contributed by atoms with Gasteiger partial charge in [0.1, 0.15) is 5.82 Å². The van der Waals surface area contributed by atoms with Crippen LogP contribution in [-0.4, -0.2) is 41.6 Å². The first-order valence-electron chi connectivity index (χ1n) is 9.78. The number of esters is 1. The van der Waals surface area contributed by atoms with Gasteiger partial charge in [-0.1, -0.05) is 41.9 Å². The molecule has 5 nitrogen and oxygen atoms in total. The normalized spacial score (nSPS) is 17.8. The summed E-state index contributed by atoms with van der Waals surface area (Å²) in [6.07, 6.45) is 4.68. The highest BCUT2D eigenvalue weighted by Gasteiger charge is 2.21. The monoisotopic (exact) mass is 417 g/mol. The van der Waals surface area contributed by atoms with Gasteiger partial charge in [0.25, 0.3) is 0 Å². The summed E-state index contributed by atoms with van der Waals surface area (Å²) in [5, 5.41) is 3.78. The van der Waals surface area contributed by atoms with Crippen molar-refractivity contribution in [1.82, 2.24) is 9.88 Å². The number of carbonyl (C=O) groups is 1. The van der Waals surface area contributed by atoms with Gasteiger partial charge < -0.3 is 10.1 Å². The summed E-state index contributed by atoms with van der Waals surface area (Å²) in [4.78, 5) is 18.1. The first-order chi connectivity index (χ1) is 14.0. The van der Waals surface area contributed by atoms with Crippen LogP contribution in [0.2, 0.25) is 5.02 Å². The second-order valence-electron chi connectivity index (χ2n) is 7.02. The number of hydrogen-bond donors (Lipinski definition) is 1. The minimum atomic E-state index is -0.994. The van der Waals surface area contributed by atoms with E-state index in [1.165, 1.54) is 11.8 Å². The number of rotatable bonds is 7. The van der Waals surface area contributed by atoms with Crippen molar-refractivity contribution in [2.24, 2.45) is 0 Å². The van der Waals surface area contributed by atoms with E-state index in [-0.39, 0.29) is 12.6 Å². The molecule has 29 heavy (non-hydrogen) atoms. The van der Waals surface area contributed by atoms with Crippen LogP contribution in [-0.2, 0) is 16.1 Å². The van der Waals surface area contributed by atoms with E-state index < -0.39 is 11.8 Å². The molecule has 0 unspecified atom stereocenters. The molecule has 0 spiro atoms. The average molecular weight is 418 g/mol. The Hall–Kier alpha value is -2.44. The fraction of sp³-hybridized carbons (Fsp3) is 0.364. The van der Waals surface area contributed by atoms with Gasteiger partial charge in [-0.25, -0.2) is 9.78 Å². The highest BCUT2D eigenvalue weighted by Crippen LogP contribution is 2.24. The Morgan fingerprint density at radius 2 is 2.21 bits per heavy atom. The smallest absolute Gasteiger partial charge is 0.367 e. The number of likely N-dealkylation sites (tertiary alicyclic amines) is 1. The maximum Gasteiger partial charge on any atom is 0.367 e. The second kappa shape index (κ2) is 10.4. The first-order valence-corrected chi connectivity index (χ1v) is 10.2. The number of benzene rings is 1. The Kier molecular flexibility index (Phi) is 7.61. The second-order valence-corrected chi connectivity index (χ2v) is 7.42. The van der Waals surface area contributed by atoms with Crippen LogP contribution in [0, 0.1) is 0 Å². The third-order valence-corrected chi connectivity index (χ3v) is 5.01. The van der Waals surface area contributed by atoms with Crippen molar-refractivity contribution < 1.29 is 13.9 Å². The summed E-state index contributed by atoms with van der Waals surface area (Å²) in [5.74, 6) is -1.41. The van der Waals surface area contributed by atoms with Crippen LogP contribution in [0.4, 0.5) is 10.2 Å². The first kappa shape index (κ1) is 21.3. The quantitative estimate of drug-likeness (QED) is 0.523. The molecule has 2 heterocycles. The number of nitrogens with zero attached hydrogens (tertiary/aromatic N) is 2. The zero-order chi connectivity index (χ0) is 20.6. The molecule has 154 valence electrons. The SMILES string of the molecule is CCOC(=O)C(F)=Cc1cnc(N[C@@H]2CCCN(Cc3ccccc3)C2)c(Cl)c1. The number of ether oxygens (including phenoxy) is 1. The molecule has 1 aliphatic rings. The average Bonchev–Trinajstić information content (AvgIpc) is 2.71. The molecule has 3 rings (SSSR count). The summed E-state index contributed by atoms with van der Waals surface area (Å²) in [5.41, 5.74) is 1.70. The van der Waals surface area contributed by atoms with Gasteiger partial charge in [0.2, 0.25) is 5.83 Å². The summed E-state index contributed by atoms with van der Waals surface area (Å²) < 4.78 is 18.4. The highest BCUT2D eigenvalue weighted by atomic mass is 35.5. The number of piperidine rings is 1. The van der Waals surface area contributed by atoms with Crippen molar-refractivity contribution >= 4 is 29.5 Å². The van der Waals surface area contributed by atoms with E-state index in [1.807, 2.05) is 6.07 Å².